The molecule has 0 heterocycles. The highest BCUT2D eigenvalue weighted by atomic mass is 32.2. The second kappa shape index (κ2) is 15.7. The number of carbonyl (C=O) groups is 2. The summed E-state index contributed by atoms with van der Waals surface area (Å²) in [5, 5.41) is 5.79. The average molecular weight is 721 g/mol. The number of benzene rings is 6. The van der Waals surface area contributed by atoms with Gasteiger partial charge >= 0.3 is 0 Å². The fourth-order valence-corrected chi connectivity index (χ4v) is 6.82. The number of nitrogens with one attached hydrogen (secondary N) is 2. The van der Waals surface area contributed by atoms with Gasteiger partial charge < -0.3 is 20.1 Å². The Labute approximate surface area is 309 Å². The fraction of sp³-hybridized carbons (Fsp3) is 0.0455. The SMILES string of the molecule is C=Cc1ccc(C(=O)Nc2ccccc2Oc2ccc(S(=O)(=O)c3ccc(Oc4ccccc4NC(=O)c4ccc(C=C)c(C)c4)cc3)cc2)cc1C. The van der Waals surface area contributed by atoms with E-state index in [9.17, 15) is 18.0 Å². The van der Waals surface area contributed by atoms with Crippen LogP contribution in [-0.2, 0) is 9.84 Å². The number of rotatable bonds is 12. The minimum atomic E-state index is -3.88. The summed E-state index contributed by atoms with van der Waals surface area (Å²) in [4.78, 5) is 26.2. The quantitative estimate of drug-likeness (QED) is 0.130. The van der Waals surface area contributed by atoms with Gasteiger partial charge in [-0.25, -0.2) is 8.42 Å². The third-order valence-corrected chi connectivity index (χ3v) is 10.3. The molecular formula is C44H36N2O6S. The zero-order valence-electron chi connectivity index (χ0n) is 29.1. The lowest BCUT2D eigenvalue weighted by Gasteiger charge is -2.14. The molecule has 8 nitrogen and oxygen atoms in total. The predicted octanol–water partition coefficient (Wildman–Crippen LogP) is 10.5. The van der Waals surface area contributed by atoms with Crippen LogP contribution in [0.5, 0.6) is 23.0 Å². The van der Waals surface area contributed by atoms with Crippen molar-refractivity contribution >= 4 is 45.2 Å². The van der Waals surface area contributed by atoms with Crippen LogP contribution in [0.25, 0.3) is 12.2 Å². The number of aryl methyl sites for hydroxylation is 2. The molecule has 9 heteroatoms. The van der Waals surface area contributed by atoms with E-state index in [2.05, 4.69) is 23.8 Å². The van der Waals surface area contributed by atoms with Gasteiger partial charge in [0, 0.05) is 11.1 Å². The molecule has 0 radical (unpaired) electrons. The van der Waals surface area contributed by atoms with Crippen LogP contribution in [-0.4, -0.2) is 20.2 Å². The second-order valence-corrected chi connectivity index (χ2v) is 14.1. The van der Waals surface area contributed by atoms with E-state index < -0.39 is 9.84 Å². The van der Waals surface area contributed by atoms with Crippen LogP contribution < -0.4 is 20.1 Å². The monoisotopic (exact) mass is 720 g/mol. The Kier molecular flexibility index (Phi) is 10.7. The summed E-state index contributed by atoms with van der Waals surface area (Å²) in [5.74, 6) is 0.962. The molecule has 0 bridgehead atoms. The average Bonchev–Trinajstić information content (AvgIpc) is 3.16. The number of anilines is 2. The summed E-state index contributed by atoms with van der Waals surface area (Å²) in [6, 6.07) is 36.8. The van der Waals surface area contributed by atoms with Crippen molar-refractivity contribution in [1.82, 2.24) is 0 Å². The summed E-state index contributed by atoms with van der Waals surface area (Å²) in [5.41, 5.74) is 5.67. The molecule has 53 heavy (non-hydrogen) atoms. The normalized spacial score (nSPS) is 10.9. The van der Waals surface area contributed by atoms with Crippen molar-refractivity contribution < 1.29 is 27.5 Å². The predicted molar refractivity (Wildman–Crippen MR) is 210 cm³/mol. The van der Waals surface area contributed by atoms with Crippen molar-refractivity contribution in [3.8, 4) is 23.0 Å². The molecule has 0 aromatic heterocycles. The lowest BCUT2D eigenvalue weighted by Crippen LogP contribution is -2.13. The topological polar surface area (TPSA) is 111 Å². The first-order valence-electron chi connectivity index (χ1n) is 16.6. The number of hydrogen-bond donors (Lipinski definition) is 2. The molecule has 0 saturated carbocycles. The van der Waals surface area contributed by atoms with Gasteiger partial charge in [0.25, 0.3) is 11.8 Å². The van der Waals surface area contributed by atoms with Crippen molar-refractivity contribution in [2.24, 2.45) is 0 Å². The van der Waals surface area contributed by atoms with E-state index in [4.69, 9.17) is 9.47 Å². The Morgan fingerprint density at radius 2 is 0.925 bits per heavy atom. The van der Waals surface area contributed by atoms with Crippen molar-refractivity contribution in [3.63, 3.8) is 0 Å². The van der Waals surface area contributed by atoms with Gasteiger partial charge in [-0.3, -0.25) is 9.59 Å². The van der Waals surface area contributed by atoms with Gasteiger partial charge in [-0.05, 0) is 133 Å². The maximum absolute atomic E-state index is 13.5. The van der Waals surface area contributed by atoms with Crippen molar-refractivity contribution in [2.75, 3.05) is 10.6 Å². The number of para-hydroxylation sites is 4. The molecule has 0 saturated heterocycles. The fourth-order valence-electron chi connectivity index (χ4n) is 5.56. The third kappa shape index (κ3) is 8.27. The van der Waals surface area contributed by atoms with Gasteiger partial charge in [-0.15, -0.1) is 0 Å². The number of carbonyl (C=O) groups excluding carboxylic acids is 2. The van der Waals surface area contributed by atoms with Crippen LogP contribution in [0.15, 0.2) is 156 Å². The lowest BCUT2D eigenvalue weighted by molar-refractivity contribution is 0.101. The molecule has 0 aliphatic carbocycles. The van der Waals surface area contributed by atoms with E-state index in [0.29, 0.717) is 45.5 Å². The van der Waals surface area contributed by atoms with Gasteiger partial charge in [0.1, 0.15) is 11.5 Å². The number of sulfone groups is 1. The van der Waals surface area contributed by atoms with Crippen molar-refractivity contribution in [2.45, 2.75) is 23.6 Å². The molecule has 0 aliphatic rings. The molecule has 0 atom stereocenters. The van der Waals surface area contributed by atoms with Crippen LogP contribution in [0.2, 0.25) is 0 Å². The van der Waals surface area contributed by atoms with E-state index >= 15 is 0 Å². The number of hydrogen-bond acceptors (Lipinski definition) is 6. The molecular weight excluding hydrogens is 685 g/mol. The first-order valence-corrected chi connectivity index (χ1v) is 18.1. The molecule has 6 aromatic carbocycles. The van der Waals surface area contributed by atoms with E-state index in [1.54, 1.807) is 109 Å². The number of ether oxygens (including phenoxy) is 2. The zero-order valence-corrected chi connectivity index (χ0v) is 29.9. The lowest BCUT2D eigenvalue weighted by atomic mass is 10.0. The Morgan fingerprint density at radius 1 is 0.547 bits per heavy atom. The highest BCUT2D eigenvalue weighted by Crippen LogP contribution is 2.33. The Balaban J connectivity index is 1.12. The van der Waals surface area contributed by atoms with Crippen molar-refractivity contribution in [3.05, 3.63) is 180 Å². The maximum atomic E-state index is 13.5. The Hall–Kier alpha value is -6.71. The molecule has 6 rings (SSSR count). The summed E-state index contributed by atoms with van der Waals surface area (Å²) in [7, 11) is -3.88. The summed E-state index contributed by atoms with van der Waals surface area (Å²) < 4.78 is 39.2. The smallest absolute Gasteiger partial charge is 0.255 e. The number of amides is 2. The summed E-state index contributed by atoms with van der Waals surface area (Å²) in [6.45, 7) is 11.4. The van der Waals surface area contributed by atoms with Gasteiger partial charge in [-0.2, -0.15) is 0 Å². The van der Waals surface area contributed by atoms with Crippen LogP contribution in [0.3, 0.4) is 0 Å². The van der Waals surface area contributed by atoms with E-state index in [1.165, 1.54) is 24.3 Å². The second-order valence-electron chi connectivity index (χ2n) is 12.1. The Bertz CT molecular complexity index is 2290. The molecule has 6 aromatic rings. The van der Waals surface area contributed by atoms with E-state index in [0.717, 1.165) is 22.3 Å². The molecule has 0 fully saturated rings. The molecule has 2 amide bonds. The minimum Gasteiger partial charge on any atom is -0.455 e. The Morgan fingerprint density at radius 3 is 1.28 bits per heavy atom. The van der Waals surface area contributed by atoms with Crippen LogP contribution in [0.1, 0.15) is 43.0 Å². The van der Waals surface area contributed by atoms with E-state index in [-0.39, 0.29) is 21.6 Å². The summed E-state index contributed by atoms with van der Waals surface area (Å²) >= 11 is 0. The van der Waals surface area contributed by atoms with Crippen LogP contribution in [0, 0.1) is 13.8 Å². The molecule has 264 valence electrons. The van der Waals surface area contributed by atoms with E-state index in [1.807, 2.05) is 26.0 Å². The van der Waals surface area contributed by atoms with Crippen LogP contribution in [0.4, 0.5) is 11.4 Å². The molecule has 0 aliphatic heterocycles. The standard InChI is InChI=1S/C44H36N2O6S/c1-5-31-15-17-33(27-29(31)3)43(47)45-39-11-7-9-13-41(39)51-35-19-23-37(24-20-35)53(49,50)38-25-21-36(22-26-38)52-42-14-10-8-12-40(42)46-44(48)34-18-16-32(6-2)30(4)28-34/h5-28H,1-2H2,3-4H3,(H,45,47)(H,46,48). The molecule has 0 spiro atoms. The maximum Gasteiger partial charge on any atom is 0.255 e. The molecule has 0 unspecified atom stereocenters. The largest absolute Gasteiger partial charge is 0.455 e. The van der Waals surface area contributed by atoms with Gasteiger partial charge in [-0.1, -0.05) is 61.7 Å². The highest BCUT2D eigenvalue weighted by Gasteiger charge is 2.19. The van der Waals surface area contributed by atoms with Crippen LogP contribution >= 0.6 is 0 Å². The minimum absolute atomic E-state index is 0.0721. The van der Waals surface area contributed by atoms with Gasteiger partial charge in [0.2, 0.25) is 9.84 Å². The summed E-state index contributed by atoms with van der Waals surface area (Å²) in [6.07, 6.45) is 3.47. The van der Waals surface area contributed by atoms with Gasteiger partial charge in [0.15, 0.2) is 11.5 Å². The first-order chi connectivity index (χ1) is 25.5. The van der Waals surface area contributed by atoms with Gasteiger partial charge in [0.05, 0.1) is 21.2 Å². The first kappa shape index (κ1) is 36.1. The molecule has 2 N–H and O–H groups in total. The zero-order chi connectivity index (χ0) is 37.5. The van der Waals surface area contributed by atoms with Crippen molar-refractivity contribution in [1.29, 1.82) is 0 Å². The highest BCUT2D eigenvalue weighted by molar-refractivity contribution is 7.91. The third-order valence-electron chi connectivity index (χ3n) is 8.50.